The summed E-state index contributed by atoms with van der Waals surface area (Å²) in [5.41, 5.74) is 15.0. The number of hydrogen-bond donors (Lipinski definition) is 3. The number of hydrazine groups is 1. The van der Waals surface area contributed by atoms with E-state index in [-0.39, 0.29) is 11.9 Å². The SMILES string of the molecule is CC(=O)O.CCN(N)c1ccc(Cc2ccc3c(c2)C2CCC(C3)N2C(=O)c2ccccc2)c(C)c1N. The summed E-state index contributed by atoms with van der Waals surface area (Å²) in [6.45, 7) is 5.86. The Kier molecular flexibility index (Phi) is 7.83. The Hall–Kier alpha value is -3.84. The minimum absolute atomic E-state index is 0.153. The number of aliphatic carboxylic acids is 1. The summed E-state index contributed by atoms with van der Waals surface area (Å²) in [4.78, 5) is 24.5. The van der Waals surface area contributed by atoms with Gasteiger partial charge in [0.1, 0.15) is 0 Å². The lowest BCUT2D eigenvalue weighted by Gasteiger charge is -2.37. The summed E-state index contributed by atoms with van der Waals surface area (Å²) in [5, 5.41) is 9.10. The van der Waals surface area contributed by atoms with Gasteiger partial charge in [0.25, 0.3) is 11.9 Å². The Bertz CT molecular complexity index is 1290. The van der Waals surface area contributed by atoms with Crippen molar-refractivity contribution < 1.29 is 14.7 Å². The minimum Gasteiger partial charge on any atom is -0.481 e. The van der Waals surface area contributed by atoms with Gasteiger partial charge in [-0.2, -0.15) is 0 Å². The Morgan fingerprint density at radius 3 is 2.46 bits per heavy atom. The third-order valence-electron chi connectivity index (χ3n) is 7.43. The summed E-state index contributed by atoms with van der Waals surface area (Å²) >= 11 is 0. The van der Waals surface area contributed by atoms with Crippen LogP contribution in [-0.4, -0.2) is 34.5 Å². The second kappa shape index (κ2) is 11.0. The molecule has 5 N–H and O–H groups in total. The molecule has 1 amide bonds. The van der Waals surface area contributed by atoms with Gasteiger partial charge in [0.15, 0.2) is 0 Å². The molecule has 0 saturated carbocycles. The van der Waals surface area contributed by atoms with E-state index in [0.29, 0.717) is 12.6 Å². The molecule has 37 heavy (non-hydrogen) atoms. The van der Waals surface area contributed by atoms with E-state index in [0.717, 1.165) is 55.1 Å². The molecule has 1 fully saturated rings. The average Bonchev–Trinajstić information content (AvgIpc) is 3.21. The molecule has 0 radical (unpaired) electrons. The van der Waals surface area contributed by atoms with Crippen LogP contribution >= 0.6 is 0 Å². The van der Waals surface area contributed by atoms with Crippen molar-refractivity contribution in [1.29, 1.82) is 0 Å². The van der Waals surface area contributed by atoms with Gasteiger partial charge in [-0.1, -0.05) is 42.5 Å². The molecular formula is C30H36N4O3. The quantitative estimate of drug-likeness (QED) is 0.262. The van der Waals surface area contributed by atoms with Crippen molar-refractivity contribution in [3.8, 4) is 0 Å². The number of nitrogens with zero attached hydrogens (tertiary/aromatic N) is 2. The molecule has 3 aromatic rings. The maximum atomic E-state index is 13.3. The van der Waals surface area contributed by atoms with Gasteiger partial charge in [-0.3, -0.25) is 9.59 Å². The number of benzene rings is 3. The van der Waals surface area contributed by atoms with Gasteiger partial charge < -0.3 is 20.7 Å². The maximum absolute atomic E-state index is 13.3. The summed E-state index contributed by atoms with van der Waals surface area (Å²) < 4.78 is 0. The molecule has 2 aliphatic rings. The van der Waals surface area contributed by atoms with Gasteiger partial charge in [-0.15, -0.1) is 0 Å². The van der Waals surface area contributed by atoms with Crippen LogP contribution in [0.1, 0.15) is 70.9 Å². The summed E-state index contributed by atoms with van der Waals surface area (Å²) in [6.07, 6.45) is 3.85. The highest BCUT2D eigenvalue weighted by atomic mass is 16.4. The van der Waals surface area contributed by atoms with Crippen molar-refractivity contribution >= 4 is 23.3 Å². The average molecular weight is 501 g/mol. The molecule has 7 nitrogen and oxygen atoms in total. The lowest BCUT2D eigenvalue weighted by molar-refractivity contribution is -0.134. The smallest absolute Gasteiger partial charge is 0.300 e. The van der Waals surface area contributed by atoms with Crippen LogP contribution in [0, 0.1) is 6.92 Å². The summed E-state index contributed by atoms with van der Waals surface area (Å²) in [7, 11) is 0. The molecule has 0 spiro atoms. The molecule has 3 aromatic carbocycles. The van der Waals surface area contributed by atoms with E-state index in [1.165, 1.54) is 22.3 Å². The predicted octanol–water partition coefficient (Wildman–Crippen LogP) is 4.86. The van der Waals surface area contributed by atoms with Crippen LogP contribution in [-0.2, 0) is 17.6 Å². The molecule has 5 rings (SSSR count). The number of nitrogen functional groups attached to an aromatic ring is 1. The monoisotopic (exact) mass is 500 g/mol. The lowest BCUT2D eigenvalue weighted by Crippen LogP contribution is -2.41. The molecule has 194 valence electrons. The highest BCUT2D eigenvalue weighted by Crippen LogP contribution is 2.45. The van der Waals surface area contributed by atoms with Crippen LogP contribution in [0.15, 0.2) is 60.7 Å². The van der Waals surface area contributed by atoms with E-state index in [1.54, 1.807) is 5.01 Å². The third-order valence-corrected chi connectivity index (χ3v) is 7.43. The number of rotatable bonds is 5. The van der Waals surface area contributed by atoms with E-state index in [4.69, 9.17) is 21.5 Å². The third kappa shape index (κ3) is 5.47. The molecule has 7 heteroatoms. The van der Waals surface area contributed by atoms with Crippen molar-refractivity contribution in [2.24, 2.45) is 5.84 Å². The second-order valence-corrected chi connectivity index (χ2v) is 9.83. The molecular weight excluding hydrogens is 464 g/mol. The van der Waals surface area contributed by atoms with Gasteiger partial charge in [-0.05, 0) is 85.5 Å². The summed E-state index contributed by atoms with van der Waals surface area (Å²) in [5.74, 6) is 5.40. The van der Waals surface area contributed by atoms with Gasteiger partial charge in [-0.25, -0.2) is 5.84 Å². The predicted molar refractivity (Wildman–Crippen MR) is 147 cm³/mol. The van der Waals surface area contributed by atoms with Crippen LogP contribution in [0.25, 0.3) is 0 Å². The molecule has 0 aromatic heterocycles. The first kappa shape index (κ1) is 26.2. The molecule has 1 saturated heterocycles. The van der Waals surface area contributed by atoms with Crippen molar-refractivity contribution in [1.82, 2.24) is 4.90 Å². The molecule has 2 atom stereocenters. The topological polar surface area (TPSA) is 113 Å². The van der Waals surface area contributed by atoms with E-state index < -0.39 is 5.97 Å². The fraction of sp³-hybridized carbons (Fsp3) is 0.333. The Labute approximate surface area is 218 Å². The van der Waals surface area contributed by atoms with Gasteiger partial charge in [0, 0.05) is 25.1 Å². The van der Waals surface area contributed by atoms with Crippen LogP contribution in [0.5, 0.6) is 0 Å². The van der Waals surface area contributed by atoms with Crippen LogP contribution in [0.4, 0.5) is 11.4 Å². The molecule has 2 bridgehead atoms. The number of carbonyl (C=O) groups is 2. The number of hydrogen-bond acceptors (Lipinski definition) is 5. The van der Waals surface area contributed by atoms with Crippen molar-refractivity contribution in [3.63, 3.8) is 0 Å². The number of amides is 1. The number of nitrogens with two attached hydrogens (primary N) is 2. The standard InChI is InChI=1S/C28H32N4O.C2H4O2/c1-3-31(30)26-13-11-21(18(2)27(26)29)15-19-9-10-22-17-23-12-14-25(24(22)16-19)32(23)28(33)20-7-5-4-6-8-20;1-2(3)4/h4-11,13,16,23,25H,3,12,14-15,17,29-30H2,1-2H3;1H3,(H,3,4). The summed E-state index contributed by atoms with van der Waals surface area (Å²) in [6, 6.07) is 21.1. The van der Waals surface area contributed by atoms with Crippen molar-refractivity contribution in [2.45, 2.75) is 58.5 Å². The van der Waals surface area contributed by atoms with Crippen LogP contribution in [0.3, 0.4) is 0 Å². The molecule has 2 unspecified atom stereocenters. The van der Waals surface area contributed by atoms with Gasteiger partial charge in [0.05, 0.1) is 17.4 Å². The van der Waals surface area contributed by atoms with Crippen LogP contribution < -0.4 is 16.6 Å². The molecule has 0 aliphatic carbocycles. The van der Waals surface area contributed by atoms with Crippen molar-refractivity contribution in [2.75, 3.05) is 17.3 Å². The number of carboxylic acid groups (broad SMARTS) is 1. The molecule has 2 heterocycles. The largest absolute Gasteiger partial charge is 0.481 e. The maximum Gasteiger partial charge on any atom is 0.300 e. The van der Waals surface area contributed by atoms with E-state index >= 15 is 0 Å². The lowest BCUT2D eigenvalue weighted by atomic mass is 9.89. The van der Waals surface area contributed by atoms with E-state index in [9.17, 15) is 4.79 Å². The van der Waals surface area contributed by atoms with Gasteiger partial charge in [0.2, 0.25) is 0 Å². The van der Waals surface area contributed by atoms with Gasteiger partial charge >= 0.3 is 0 Å². The zero-order chi connectivity index (χ0) is 26.7. The molecule has 2 aliphatic heterocycles. The van der Waals surface area contributed by atoms with E-state index in [2.05, 4.69) is 36.1 Å². The van der Waals surface area contributed by atoms with Crippen molar-refractivity contribution in [3.05, 3.63) is 94.0 Å². The zero-order valence-electron chi connectivity index (χ0n) is 21.8. The Morgan fingerprint density at radius 2 is 1.78 bits per heavy atom. The Morgan fingerprint density at radius 1 is 1.08 bits per heavy atom. The fourth-order valence-corrected chi connectivity index (χ4v) is 5.52. The number of fused-ring (bicyclic) bond motifs is 4. The van der Waals surface area contributed by atoms with E-state index in [1.807, 2.05) is 43.3 Å². The highest BCUT2D eigenvalue weighted by molar-refractivity contribution is 5.95. The number of carbonyl (C=O) groups excluding carboxylic acids is 1. The minimum atomic E-state index is -0.833. The highest BCUT2D eigenvalue weighted by Gasteiger charge is 2.42. The fourth-order valence-electron chi connectivity index (χ4n) is 5.52. The zero-order valence-corrected chi connectivity index (χ0v) is 21.8. The number of carboxylic acids is 1. The van der Waals surface area contributed by atoms with Crippen LogP contribution in [0.2, 0.25) is 0 Å². The number of anilines is 2. The first-order valence-electron chi connectivity index (χ1n) is 12.8. The normalized spacial score (nSPS) is 17.5. The Balaban J connectivity index is 0.000000747. The first-order valence-corrected chi connectivity index (χ1v) is 12.8. The second-order valence-electron chi connectivity index (χ2n) is 9.83. The first-order chi connectivity index (χ1) is 17.7.